The fraction of sp³-hybridized carbons (Fsp3) is 0.200. The second-order valence-electron chi connectivity index (χ2n) is 6.59. The predicted octanol–water partition coefficient (Wildman–Crippen LogP) is 3.94. The summed E-state index contributed by atoms with van der Waals surface area (Å²) in [7, 11) is 1.84. The zero-order valence-corrected chi connectivity index (χ0v) is 17.4. The van der Waals surface area contributed by atoms with Gasteiger partial charge < -0.3 is 5.32 Å². The van der Waals surface area contributed by atoms with Gasteiger partial charge in [-0.2, -0.15) is 10.2 Å². The number of nitrogens with zero attached hydrogens (tertiary/aromatic N) is 5. The molecule has 0 bridgehead atoms. The van der Waals surface area contributed by atoms with E-state index >= 15 is 0 Å². The first-order chi connectivity index (χ1) is 14.0. The third-order valence-electron chi connectivity index (χ3n) is 4.79. The van der Waals surface area contributed by atoms with E-state index in [4.69, 9.17) is 0 Å². The topological polar surface area (TPSA) is 77.6 Å². The average Bonchev–Trinajstić information content (AvgIpc) is 3.30. The van der Waals surface area contributed by atoms with Gasteiger partial charge in [-0.15, -0.1) is 0 Å². The summed E-state index contributed by atoms with van der Waals surface area (Å²) in [4.78, 5) is 17.3. The first kappa shape index (κ1) is 19.3. The molecule has 1 amide bonds. The molecule has 7 nitrogen and oxygen atoms in total. The van der Waals surface area contributed by atoms with Crippen molar-refractivity contribution in [2.24, 2.45) is 7.05 Å². The van der Waals surface area contributed by atoms with Crippen LogP contribution in [0.5, 0.6) is 0 Å². The maximum Gasteiger partial charge on any atom is 0.254 e. The van der Waals surface area contributed by atoms with E-state index in [1.807, 2.05) is 14.0 Å². The van der Waals surface area contributed by atoms with E-state index < -0.39 is 0 Å². The number of pyridine rings is 1. The molecule has 148 valence electrons. The van der Waals surface area contributed by atoms with Crippen LogP contribution in [-0.4, -0.2) is 30.5 Å². The Labute approximate surface area is 174 Å². The van der Waals surface area contributed by atoms with Crippen molar-refractivity contribution in [2.75, 3.05) is 0 Å². The number of nitrogens with one attached hydrogen (secondary N) is 1. The molecule has 0 spiro atoms. The highest BCUT2D eigenvalue weighted by molar-refractivity contribution is 9.10. The monoisotopic (exact) mass is 456 g/mol. The van der Waals surface area contributed by atoms with Crippen LogP contribution >= 0.6 is 15.9 Å². The molecule has 4 aromatic rings. The molecule has 0 unspecified atom stereocenters. The number of carbonyl (C=O) groups is 1. The molecule has 0 fully saturated rings. The highest BCUT2D eigenvalue weighted by Gasteiger charge is 2.22. The number of benzene rings is 1. The number of hydrogen-bond donors (Lipinski definition) is 1. The van der Waals surface area contributed by atoms with Crippen molar-refractivity contribution in [3.63, 3.8) is 0 Å². The minimum absolute atomic E-state index is 0.216. The summed E-state index contributed by atoms with van der Waals surface area (Å²) < 4.78 is 17.4. The Bertz CT molecular complexity index is 1160. The molecule has 4 rings (SSSR count). The summed E-state index contributed by atoms with van der Waals surface area (Å²) in [6, 6.07) is 5.77. The molecule has 1 atom stereocenters. The van der Waals surface area contributed by atoms with E-state index in [-0.39, 0.29) is 17.8 Å². The van der Waals surface area contributed by atoms with Crippen molar-refractivity contribution >= 4 is 32.7 Å². The van der Waals surface area contributed by atoms with Gasteiger partial charge in [0.2, 0.25) is 0 Å². The minimum atomic E-state index is -0.324. The number of amides is 1. The Morgan fingerprint density at radius 1 is 1.17 bits per heavy atom. The molecule has 0 saturated carbocycles. The summed E-state index contributed by atoms with van der Waals surface area (Å²) in [5, 5.41) is 12.3. The molecule has 1 aromatic carbocycles. The molecule has 1 N–H and O–H groups in total. The van der Waals surface area contributed by atoms with Gasteiger partial charge in [-0.25, -0.2) is 9.07 Å². The second kappa shape index (κ2) is 7.75. The number of hydrogen-bond acceptors (Lipinski definition) is 4. The molecular formula is C20H18BrFN6O. The van der Waals surface area contributed by atoms with Crippen LogP contribution in [0.1, 0.15) is 35.4 Å². The third-order valence-corrected chi connectivity index (χ3v) is 5.41. The van der Waals surface area contributed by atoms with Crippen LogP contribution in [0.2, 0.25) is 0 Å². The molecule has 29 heavy (non-hydrogen) atoms. The van der Waals surface area contributed by atoms with E-state index in [2.05, 4.69) is 36.4 Å². The highest BCUT2D eigenvalue weighted by atomic mass is 79.9. The summed E-state index contributed by atoms with van der Waals surface area (Å²) in [6.45, 7) is 2.00. The Hall–Kier alpha value is -3.07. The van der Waals surface area contributed by atoms with Crippen LogP contribution in [0, 0.1) is 5.82 Å². The molecule has 9 heteroatoms. The van der Waals surface area contributed by atoms with Crippen LogP contribution in [0.4, 0.5) is 4.39 Å². The predicted molar refractivity (Wildman–Crippen MR) is 110 cm³/mol. The fourth-order valence-electron chi connectivity index (χ4n) is 3.32. The molecular weight excluding hydrogens is 439 g/mol. The normalized spacial score (nSPS) is 12.3. The van der Waals surface area contributed by atoms with Crippen LogP contribution in [0.15, 0.2) is 53.5 Å². The van der Waals surface area contributed by atoms with Crippen LogP contribution < -0.4 is 5.32 Å². The number of rotatable bonds is 5. The van der Waals surface area contributed by atoms with Gasteiger partial charge >= 0.3 is 0 Å². The van der Waals surface area contributed by atoms with E-state index in [1.165, 1.54) is 18.3 Å². The van der Waals surface area contributed by atoms with Gasteiger partial charge in [-0.3, -0.25) is 14.5 Å². The molecule has 0 aliphatic heterocycles. The zero-order valence-electron chi connectivity index (χ0n) is 15.8. The average molecular weight is 457 g/mol. The Morgan fingerprint density at radius 3 is 2.59 bits per heavy atom. The Balaban J connectivity index is 1.69. The zero-order chi connectivity index (χ0) is 20.5. The third kappa shape index (κ3) is 3.53. The lowest BCUT2D eigenvalue weighted by Gasteiger charge is -2.18. The minimum Gasteiger partial charge on any atom is -0.344 e. The van der Waals surface area contributed by atoms with Crippen LogP contribution in [-0.2, 0) is 7.05 Å². The van der Waals surface area contributed by atoms with Crippen LogP contribution in [0.25, 0.3) is 16.6 Å². The van der Waals surface area contributed by atoms with E-state index in [0.717, 1.165) is 10.2 Å². The largest absolute Gasteiger partial charge is 0.344 e. The summed E-state index contributed by atoms with van der Waals surface area (Å²) in [5.74, 6) is -0.572. The van der Waals surface area contributed by atoms with Gasteiger partial charge in [0.25, 0.3) is 5.91 Å². The first-order valence-corrected chi connectivity index (χ1v) is 9.84. The Kier molecular flexibility index (Phi) is 5.14. The van der Waals surface area contributed by atoms with Gasteiger partial charge in [-0.1, -0.05) is 6.92 Å². The molecule has 0 radical (unpaired) electrons. The van der Waals surface area contributed by atoms with Crippen molar-refractivity contribution in [1.82, 2.24) is 29.9 Å². The van der Waals surface area contributed by atoms with Crippen molar-refractivity contribution < 1.29 is 9.18 Å². The molecule has 0 aliphatic carbocycles. The maximum absolute atomic E-state index is 13.2. The van der Waals surface area contributed by atoms with Gasteiger partial charge in [0.1, 0.15) is 5.82 Å². The molecule has 3 heterocycles. The number of aromatic nitrogens is 5. The van der Waals surface area contributed by atoms with Gasteiger partial charge in [0.15, 0.2) is 0 Å². The second-order valence-corrected chi connectivity index (χ2v) is 7.44. The highest BCUT2D eigenvalue weighted by Crippen LogP contribution is 2.26. The van der Waals surface area contributed by atoms with Gasteiger partial charge in [0.05, 0.1) is 51.6 Å². The number of aryl methyl sites for hydroxylation is 1. The van der Waals surface area contributed by atoms with E-state index in [0.29, 0.717) is 28.6 Å². The van der Waals surface area contributed by atoms with Gasteiger partial charge in [-0.05, 0) is 46.6 Å². The van der Waals surface area contributed by atoms with Crippen LogP contribution in [0.3, 0.4) is 0 Å². The van der Waals surface area contributed by atoms with Crippen molar-refractivity contribution in [3.05, 3.63) is 70.6 Å². The molecule has 3 aromatic heterocycles. The number of fused-ring (bicyclic) bond motifs is 1. The quantitative estimate of drug-likeness (QED) is 0.493. The number of carbonyl (C=O) groups excluding carboxylic acids is 1. The van der Waals surface area contributed by atoms with Crippen molar-refractivity contribution in [1.29, 1.82) is 0 Å². The maximum atomic E-state index is 13.2. The fourth-order valence-corrected chi connectivity index (χ4v) is 3.95. The number of halogens is 2. The van der Waals surface area contributed by atoms with Crippen molar-refractivity contribution in [2.45, 2.75) is 19.4 Å². The van der Waals surface area contributed by atoms with E-state index in [1.54, 1.807) is 40.1 Å². The molecule has 0 aliphatic rings. The SMILES string of the molecule is CC[C@H](NC(=O)c1cncc2c1cnn2-c1ccc(F)cc1)c1c(Br)cnn1C. The lowest BCUT2D eigenvalue weighted by molar-refractivity contribution is 0.0935. The van der Waals surface area contributed by atoms with E-state index in [9.17, 15) is 9.18 Å². The molecule has 0 saturated heterocycles. The van der Waals surface area contributed by atoms with Crippen molar-refractivity contribution in [3.8, 4) is 5.69 Å². The summed E-state index contributed by atoms with van der Waals surface area (Å²) in [5.41, 5.74) is 2.67. The first-order valence-electron chi connectivity index (χ1n) is 9.05. The standard InChI is InChI=1S/C20H18BrFN6O/c1-3-17(19-16(21)10-24-27(19)2)26-20(29)15-8-23-11-18-14(15)9-25-28(18)13-6-4-12(22)5-7-13/h4-11,17H,3H2,1-2H3,(H,26,29)/t17-/m0/s1. The smallest absolute Gasteiger partial charge is 0.254 e. The lowest BCUT2D eigenvalue weighted by Crippen LogP contribution is -2.30. The Morgan fingerprint density at radius 2 is 1.93 bits per heavy atom. The summed E-state index contributed by atoms with van der Waals surface area (Å²) in [6.07, 6.45) is 7.19. The van der Waals surface area contributed by atoms with Gasteiger partial charge in [0, 0.05) is 18.6 Å². The lowest BCUT2D eigenvalue weighted by atomic mass is 10.1. The summed E-state index contributed by atoms with van der Waals surface area (Å²) >= 11 is 3.49.